The van der Waals surface area contributed by atoms with Gasteiger partial charge in [0, 0.05) is 12.6 Å². The number of nitro benzene ring substituents is 1. The Kier molecular flexibility index (Phi) is 6.78. The number of carbonyl (C=O) groups excluding carboxylic acids is 1. The molecule has 138 valence electrons. The number of hydrogen-bond donors (Lipinski definition) is 2. The maximum absolute atomic E-state index is 11.9. The van der Waals surface area contributed by atoms with E-state index in [1.165, 1.54) is 25.3 Å². The van der Waals surface area contributed by atoms with Gasteiger partial charge < -0.3 is 20.1 Å². The van der Waals surface area contributed by atoms with Crippen LogP contribution in [0.2, 0.25) is 0 Å². The molecule has 0 atom stereocenters. The summed E-state index contributed by atoms with van der Waals surface area (Å²) in [7, 11) is 1.38. The first-order valence-electron chi connectivity index (χ1n) is 8.07. The quantitative estimate of drug-likeness (QED) is 0.426. The van der Waals surface area contributed by atoms with Crippen molar-refractivity contribution in [1.82, 2.24) is 5.32 Å². The van der Waals surface area contributed by atoms with Crippen LogP contribution in [-0.2, 0) is 0 Å². The van der Waals surface area contributed by atoms with E-state index in [2.05, 4.69) is 10.6 Å². The van der Waals surface area contributed by atoms with Crippen LogP contribution >= 0.6 is 0 Å². The molecule has 0 saturated heterocycles. The van der Waals surface area contributed by atoms with Crippen LogP contribution in [0.1, 0.15) is 12.0 Å². The Morgan fingerprint density at radius 1 is 1.19 bits per heavy atom. The highest BCUT2D eigenvalue weighted by molar-refractivity contribution is 5.91. The second-order valence-corrected chi connectivity index (χ2v) is 5.49. The van der Waals surface area contributed by atoms with E-state index in [4.69, 9.17) is 9.47 Å². The van der Waals surface area contributed by atoms with Crippen LogP contribution in [0.25, 0.3) is 0 Å². The third kappa shape index (κ3) is 5.37. The molecule has 0 aromatic heterocycles. The van der Waals surface area contributed by atoms with E-state index in [9.17, 15) is 14.9 Å². The van der Waals surface area contributed by atoms with E-state index in [-0.39, 0.29) is 11.4 Å². The van der Waals surface area contributed by atoms with Crippen LogP contribution in [-0.4, -0.2) is 31.2 Å². The van der Waals surface area contributed by atoms with E-state index in [0.717, 1.165) is 11.3 Å². The lowest BCUT2D eigenvalue weighted by Crippen LogP contribution is -2.30. The molecule has 0 heterocycles. The molecule has 0 bridgehead atoms. The highest BCUT2D eigenvalue weighted by Crippen LogP contribution is 2.28. The zero-order valence-corrected chi connectivity index (χ0v) is 14.7. The molecular weight excluding hydrogens is 338 g/mol. The number of rotatable bonds is 8. The monoisotopic (exact) mass is 359 g/mol. The molecule has 2 rings (SSSR count). The van der Waals surface area contributed by atoms with Crippen molar-refractivity contribution >= 4 is 17.4 Å². The van der Waals surface area contributed by atoms with E-state index in [0.29, 0.717) is 25.3 Å². The molecule has 2 amide bonds. The average Bonchev–Trinajstić information content (AvgIpc) is 2.63. The van der Waals surface area contributed by atoms with Gasteiger partial charge in [-0.3, -0.25) is 10.1 Å². The normalized spacial score (nSPS) is 10.1. The molecule has 8 heteroatoms. The van der Waals surface area contributed by atoms with Gasteiger partial charge in [-0.2, -0.15) is 0 Å². The fourth-order valence-corrected chi connectivity index (χ4v) is 2.24. The summed E-state index contributed by atoms with van der Waals surface area (Å²) in [6.07, 6.45) is 0.638. The first kappa shape index (κ1) is 19.0. The van der Waals surface area contributed by atoms with Crippen LogP contribution in [0.4, 0.5) is 16.2 Å². The number of carbonyl (C=O) groups is 1. The highest BCUT2D eigenvalue weighted by atomic mass is 16.6. The summed E-state index contributed by atoms with van der Waals surface area (Å²) >= 11 is 0. The van der Waals surface area contributed by atoms with Crippen LogP contribution in [0, 0.1) is 17.0 Å². The Hall–Kier alpha value is -3.29. The molecule has 0 aliphatic carbocycles. The lowest BCUT2D eigenvalue weighted by atomic mass is 10.2. The molecule has 0 saturated carbocycles. The number of urea groups is 1. The minimum atomic E-state index is -0.527. The Morgan fingerprint density at radius 3 is 2.65 bits per heavy atom. The SMILES string of the molecule is COc1cc([N+](=O)[O-])ccc1NC(=O)NCCCOc1ccccc1C. The van der Waals surface area contributed by atoms with Crippen molar-refractivity contribution in [2.45, 2.75) is 13.3 Å². The predicted octanol–water partition coefficient (Wildman–Crippen LogP) is 3.50. The standard InChI is InChI=1S/C18H21N3O5/c1-13-6-3-4-7-16(13)26-11-5-10-19-18(22)20-15-9-8-14(21(23)24)12-17(15)25-2/h3-4,6-9,12H,5,10-11H2,1-2H3,(H2,19,20,22). The number of para-hydroxylation sites is 1. The first-order chi connectivity index (χ1) is 12.5. The smallest absolute Gasteiger partial charge is 0.319 e. The Morgan fingerprint density at radius 2 is 1.96 bits per heavy atom. The van der Waals surface area contributed by atoms with Crippen molar-refractivity contribution in [1.29, 1.82) is 0 Å². The van der Waals surface area contributed by atoms with Crippen molar-refractivity contribution in [2.24, 2.45) is 0 Å². The lowest BCUT2D eigenvalue weighted by Gasteiger charge is -2.12. The molecule has 8 nitrogen and oxygen atoms in total. The van der Waals surface area contributed by atoms with Gasteiger partial charge >= 0.3 is 6.03 Å². The van der Waals surface area contributed by atoms with Gasteiger partial charge in [-0.15, -0.1) is 0 Å². The van der Waals surface area contributed by atoms with Gasteiger partial charge in [-0.1, -0.05) is 18.2 Å². The van der Waals surface area contributed by atoms with Crippen molar-refractivity contribution in [3.05, 3.63) is 58.1 Å². The molecule has 0 unspecified atom stereocenters. The third-order valence-electron chi connectivity index (χ3n) is 3.60. The number of hydrogen-bond acceptors (Lipinski definition) is 5. The summed E-state index contributed by atoms with van der Waals surface area (Å²) in [5.41, 5.74) is 1.30. The largest absolute Gasteiger partial charge is 0.494 e. The summed E-state index contributed by atoms with van der Waals surface area (Å²) in [4.78, 5) is 22.2. The van der Waals surface area contributed by atoms with E-state index < -0.39 is 11.0 Å². The maximum atomic E-state index is 11.9. The van der Waals surface area contributed by atoms with Crippen LogP contribution in [0.3, 0.4) is 0 Å². The number of ether oxygens (including phenoxy) is 2. The molecule has 0 aliphatic heterocycles. The zero-order chi connectivity index (χ0) is 18.9. The van der Waals surface area contributed by atoms with Crippen molar-refractivity contribution in [2.75, 3.05) is 25.6 Å². The van der Waals surface area contributed by atoms with E-state index in [1.54, 1.807) is 0 Å². The lowest BCUT2D eigenvalue weighted by molar-refractivity contribution is -0.384. The number of benzene rings is 2. The fraction of sp³-hybridized carbons (Fsp3) is 0.278. The minimum Gasteiger partial charge on any atom is -0.494 e. The number of nitro groups is 1. The zero-order valence-electron chi connectivity index (χ0n) is 14.7. The number of nitrogens with zero attached hydrogens (tertiary/aromatic N) is 1. The minimum absolute atomic E-state index is 0.110. The molecule has 2 aromatic rings. The number of aryl methyl sites for hydroxylation is 1. The Bertz CT molecular complexity index is 779. The summed E-state index contributed by atoms with van der Waals surface area (Å²) in [6, 6.07) is 11.3. The predicted molar refractivity (Wildman–Crippen MR) is 98.0 cm³/mol. The summed E-state index contributed by atoms with van der Waals surface area (Å²) in [6.45, 7) is 2.87. The fourth-order valence-electron chi connectivity index (χ4n) is 2.24. The van der Waals surface area contributed by atoms with Crippen LogP contribution in [0.5, 0.6) is 11.5 Å². The molecule has 0 aliphatic rings. The van der Waals surface area contributed by atoms with Gasteiger partial charge in [0.1, 0.15) is 11.5 Å². The number of non-ortho nitro benzene ring substituents is 1. The second kappa shape index (κ2) is 9.26. The molecule has 0 radical (unpaired) electrons. The topological polar surface area (TPSA) is 103 Å². The van der Waals surface area contributed by atoms with Crippen molar-refractivity contribution < 1.29 is 19.2 Å². The van der Waals surface area contributed by atoms with Crippen LogP contribution < -0.4 is 20.1 Å². The van der Waals surface area contributed by atoms with Crippen molar-refractivity contribution in [3.63, 3.8) is 0 Å². The Labute approximate surface area is 151 Å². The van der Waals surface area contributed by atoms with E-state index >= 15 is 0 Å². The van der Waals surface area contributed by atoms with Crippen molar-refractivity contribution in [3.8, 4) is 11.5 Å². The number of amides is 2. The van der Waals surface area contributed by atoms with Gasteiger partial charge in [0.2, 0.25) is 0 Å². The summed E-state index contributed by atoms with van der Waals surface area (Å²) in [5, 5.41) is 16.1. The average molecular weight is 359 g/mol. The third-order valence-corrected chi connectivity index (χ3v) is 3.60. The van der Waals surface area contributed by atoms with Gasteiger partial charge in [-0.05, 0) is 31.0 Å². The molecular formula is C18H21N3O5. The van der Waals surface area contributed by atoms with Gasteiger partial charge in [0.15, 0.2) is 0 Å². The Balaban J connectivity index is 1.77. The number of nitrogens with one attached hydrogen (secondary N) is 2. The van der Waals surface area contributed by atoms with Gasteiger partial charge in [-0.25, -0.2) is 4.79 Å². The van der Waals surface area contributed by atoms with Gasteiger partial charge in [0.25, 0.3) is 5.69 Å². The molecule has 2 aromatic carbocycles. The molecule has 0 spiro atoms. The molecule has 26 heavy (non-hydrogen) atoms. The van der Waals surface area contributed by atoms with Crippen LogP contribution in [0.15, 0.2) is 42.5 Å². The highest BCUT2D eigenvalue weighted by Gasteiger charge is 2.13. The summed E-state index contributed by atoms with van der Waals surface area (Å²) < 4.78 is 10.7. The first-order valence-corrected chi connectivity index (χ1v) is 8.07. The molecule has 0 fully saturated rings. The summed E-state index contributed by atoms with van der Waals surface area (Å²) in [5.74, 6) is 1.05. The molecule has 2 N–H and O–H groups in total. The second-order valence-electron chi connectivity index (χ2n) is 5.49. The van der Waals surface area contributed by atoms with E-state index in [1.807, 2.05) is 31.2 Å². The number of methoxy groups -OCH3 is 1. The van der Waals surface area contributed by atoms with Gasteiger partial charge in [0.05, 0.1) is 30.4 Å². The maximum Gasteiger partial charge on any atom is 0.319 e. The number of anilines is 1.